The standard InChI is InChI=1S/C21H20N2O4S/c1-14(20(25)22-16-6-4-3-5-7-16)27-19(24)12-17-13-28-21(23-17)15-8-10-18(26-2)11-9-15/h3-11,13-14H,12H2,1-2H3,(H,22,25)/t14-/m1/s1. The zero-order chi connectivity index (χ0) is 19.9. The van der Waals surface area contributed by atoms with Crippen LogP contribution in [-0.2, 0) is 20.7 Å². The second-order valence-corrected chi connectivity index (χ2v) is 6.89. The van der Waals surface area contributed by atoms with Crippen molar-refractivity contribution in [2.45, 2.75) is 19.4 Å². The summed E-state index contributed by atoms with van der Waals surface area (Å²) in [5.74, 6) is -0.106. The van der Waals surface area contributed by atoms with E-state index in [-0.39, 0.29) is 12.3 Å². The number of esters is 1. The molecule has 1 heterocycles. The summed E-state index contributed by atoms with van der Waals surface area (Å²) in [6, 6.07) is 16.6. The van der Waals surface area contributed by atoms with Crippen LogP contribution in [0, 0.1) is 0 Å². The van der Waals surface area contributed by atoms with Crippen LogP contribution in [0.5, 0.6) is 5.75 Å². The average molecular weight is 396 g/mol. The number of hydrogen-bond donors (Lipinski definition) is 1. The number of methoxy groups -OCH3 is 1. The molecule has 0 saturated carbocycles. The van der Waals surface area contributed by atoms with Gasteiger partial charge in [-0.1, -0.05) is 18.2 Å². The van der Waals surface area contributed by atoms with Gasteiger partial charge in [0.25, 0.3) is 5.91 Å². The van der Waals surface area contributed by atoms with E-state index in [1.54, 1.807) is 26.2 Å². The first-order valence-electron chi connectivity index (χ1n) is 8.69. The van der Waals surface area contributed by atoms with Crippen LogP contribution in [0.25, 0.3) is 10.6 Å². The van der Waals surface area contributed by atoms with E-state index in [2.05, 4.69) is 10.3 Å². The minimum absolute atomic E-state index is 0.00954. The highest BCUT2D eigenvalue weighted by Gasteiger charge is 2.19. The Bertz CT molecular complexity index is 939. The fourth-order valence-electron chi connectivity index (χ4n) is 2.46. The first-order valence-corrected chi connectivity index (χ1v) is 9.57. The predicted molar refractivity (Wildman–Crippen MR) is 108 cm³/mol. The van der Waals surface area contributed by atoms with Crippen molar-refractivity contribution in [2.75, 3.05) is 12.4 Å². The molecule has 0 unspecified atom stereocenters. The van der Waals surface area contributed by atoms with Crippen molar-refractivity contribution in [1.29, 1.82) is 0 Å². The summed E-state index contributed by atoms with van der Waals surface area (Å²) in [4.78, 5) is 28.8. The summed E-state index contributed by atoms with van der Waals surface area (Å²) in [6.45, 7) is 1.54. The highest BCUT2D eigenvalue weighted by molar-refractivity contribution is 7.13. The predicted octanol–water partition coefficient (Wildman–Crippen LogP) is 3.93. The van der Waals surface area contributed by atoms with E-state index >= 15 is 0 Å². The number of nitrogens with one attached hydrogen (secondary N) is 1. The Hall–Kier alpha value is -3.19. The Morgan fingerprint density at radius 3 is 2.50 bits per heavy atom. The van der Waals surface area contributed by atoms with Crippen molar-refractivity contribution >= 4 is 28.9 Å². The Morgan fingerprint density at radius 1 is 1.11 bits per heavy atom. The van der Waals surface area contributed by atoms with Crippen molar-refractivity contribution in [3.63, 3.8) is 0 Å². The lowest BCUT2D eigenvalue weighted by atomic mass is 10.2. The Balaban J connectivity index is 1.54. The molecule has 144 valence electrons. The third-order valence-electron chi connectivity index (χ3n) is 3.93. The smallest absolute Gasteiger partial charge is 0.312 e. The van der Waals surface area contributed by atoms with Gasteiger partial charge < -0.3 is 14.8 Å². The second kappa shape index (κ2) is 9.14. The van der Waals surface area contributed by atoms with Crippen LogP contribution >= 0.6 is 11.3 Å². The number of hydrogen-bond acceptors (Lipinski definition) is 6. The van der Waals surface area contributed by atoms with E-state index < -0.39 is 12.1 Å². The van der Waals surface area contributed by atoms with E-state index in [0.717, 1.165) is 16.3 Å². The number of anilines is 1. The molecule has 0 fully saturated rings. The van der Waals surface area contributed by atoms with Gasteiger partial charge in [0, 0.05) is 16.6 Å². The molecule has 1 amide bonds. The maximum Gasteiger partial charge on any atom is 0.312 e. The number of ether oxygens (including phenoxy) is 2. The van der Waals surface area contributed by atoms with Gasteiger partial charge in [0.2, 0.25) is 0 Å². The second-order valence-electron chi connectivity index (χ2n) is 6.04. The summed E-state index contributed by atoms with van der Waals surface area (Å²) in [7, 11) is 1.61. The summed E-state index contributed by atoms with van der Waals surface area (Å²) >= 11 is 1.45. The third kappa shape index (κ3) is 5.17. The van der Waals surface area contributed by atoms with Crippen molar-refractivity contribution in [1.82, 2.24) is 4.98 Å². The zero-order valence-electron chi connectivity index (χ0n) is 15.5. The summed E-state index contributed by atoms with van der Waals surface area (Å²) < 4.78 is 10.4. The highest BCUT2D eigenvalue weighted by Crippen LogP contribution is 2.26. The van der Waals surface area contributed by atoms with E-state index in [1.807, 2.05) is 47.8 Å². The van der Waals surface area contributed by atoms with Gasteiger partial charge in [-0.05, 0) is 43.3 Å². The van der Waals surface area contributed by atoms with E-state index in [4.69, 9.17) is 9.47 Å². The normalized spacial score (nSPS) is 11.5. The van der Waals surface area contributed by atoms with Crippen LogP contribution in [0.2, 0.25) is 0 Å². The van der Waals surface area contributed by atoms with Gasteiger partial charge in [-0.2, -0.15) is 0 Å². The molecular weight excluding hydrogens is 376 g/mol. The Labute approximate surface area is 167 Å². The molecule has 3 aromatic rings. The third-order valence-corrected chi connectivity index (χ3v) is 4.87. The molecule has 0 bridgehead atoms. The summed E-state index contributed by atoms with van der Waals surface area (Å²) in [5.41, 5.74) is 2.21. The zero-order valence-corrected chi connectivity index (χ0v) is 16.4. The molecule has 3 rings (SSSR count). The minimum atomic E-state index is -0.896. The van der Waals surface area contributed by atoms with Crippen LogP contribution in [0.15, 0.2) is 60.0 Å². The van der Waals surface area contributed by atoms with Gasteiger partial charge in [0.15, 0.2) is 6.10 Å². The Kier molecular flexibility index (Phi) is 6.39. The fraction of sp³-hybridized carbons (Fsp3) is 0.190. The van der Waals surface area contributed by atoms with E-state index in [0.29, 0.717) is 11.4 Å². The molecule has 6 nitrogen and oxygen atoms in total. The molecule has 0 radical (unpaired) electrons. The molecule has 1 atom stereocenters. The van der Waals surface area contributed by atoms with Crippen molar-refractivity contribution in [3.8, 4) is 16.3 Å². The maximum atomic E-state index is 12.2. The van der Waals surface area contributed by atoms with Crippen LogP contribution < -0.4 is 10.1 Å². The molecule has 28 heavy (non-hydrogen) atoms. The van der Waals surface area contributed by atoms with E-state index in [1.165, 1.54) is 11.3 Å². The van der Waals surface area contributed by atoms with Crippen molar-refractivity contribution < 1.29 is 19.1 Å². The molecule has 0 aliphatic carbocycles. The number of carbonyl (C=O) groups is 2. The number of benzene rings is 2. The van der Waals surface area contributed by atoms with Gasteiger partial charge in [0.05, 0.1) is 19.2 Å². The lowest BCUT2D eigenvalue weighted by Crippen LogP contribution is -2.30. The molecule has 1 aromatic heterocycles. The molecule has 1 N–H and O–H groups in total. The first kappa shape index (κ1) is 19.6. The average Bonchev–Trinajstić information content (AvgIpc) is 3.17. The minimum Gasteiger partial charge on any atom is -0.497 e. The lowest BCUT2D eigenvalue weighted by molar-refractivity contribution is -0.152. The molecule has 7 heteroatoms. The number of para-hydroxylation sites is 1. The highest BCUT2D eigenvalue weighted by atomic mass is 32.1. The van der Waals surface area contributed by atoms with Gasteiger partial charge >= 0.3 is 5.97 Å². The quantitative estimate of drug-likeness (QED) is 0.612. The summed E-state index contributed by atoms with van der Waals surface area (Å²) in [5, 5.41) is 5.33. The van der Waals surface area contributed by atoms with Crippen LogP contribution in [0.3, 0.4) is 0 Å². The van der Waals surface area contributed by atoms with Gasteiger partial charge in [-0.25, -0.2) is 4.98 Å². The number of carbonyl (C=O) groups excluding carboxylic acids is 2. The number of aromatic nitrogens is 1. The van der Waals surface area contributed by atoms with Crippen LogP contribution in [-0.4, -0.2) is 30.1 Å². The number of rotatable bonds is 7. The SMILES string of the molecule is COc1ccc(-c2nc(CC(=O)O[C@H](C)C(=O)Nc3ccccc3)cs2)cc1. The molecule has 0 saturated heterocycles. The Morgan fingerprint density at radius 2 is 1.82 bits per heavy atom. The van der Waals surface area contributed by atoms with Crippen molar-refractivity contribution in [2.24, 2.45) is 0 Å². The lowest BCUT2D eigenvalue weighted by Gasteiger charge is -2.13. The van der Waals surface area contributed by atoms with Crippen LogP contribution in [0.1, 0.15) is 12.6 Å². The molecule has 0 aliphatic heterocycles. The first-order chi connectivity index (χ1) is 13.5. The van der Waals surface area contributed by atoms with Gasteiger partial charge in [-0.3, -0.25) is 9.59 Å². The number of nitrogens with zero attached hydrogens (tertiary/aromatic N) is 1. The van der Waals surface area contributed by atoms with Crippen molar-refractivity contribution in [3.05, 3.63) is 65.7 Å². The van der Waals surface area contributed by atoms with Crippen LogP contribution in [0.4, 0.5) is 5.69 Å². The molecule has 0 spiro atoms. The molecule has 2 aromatic carbocycles. The largest absolute Gasteiger partial charge is 0.497 e. The topological polar surface area (TPSA) is 77.5 Å². The van der Waals surface area contributed by atoms with Gasteiger partial charge in [-0.15, -0.1) is 11.3 Å². The fourth-order valence-corrected chi connectivity index (χ4v) is 3.29. The monoisotopic (exact) mass is 396 g/mol. The molecule has 0 aliphatic rings. The number of amides is 1. The van der Waals surface area contributed by atoms with Gasteiger partial charge in [0.1, 0.15) is 10.8 Å². The molecular formula is C21H20N2O4S. The van der Waals surface area contributed by atoms with E-state index in [9.17, 15) is 9.59 Å². The summed E-state index contributed by atoms with van der Waals surface area (Å²) in [6.07, 6.45) is -0.886. The maximum absolute atomic E-state index is 12.2. The number of thiazole rings is 1.